The molecule has 1 heterocycles. The predicted octanol–water partition coefficient (Wildman–Crippen LogP) is 3.69. The van der Waals surface area contributed by atoms with E-state index in [2.05, 4.69) is 36.1 Å². The van der Waals surface area contributed by atoms with Crippen LogP contribution in [0.4, 0.5) is 0 Å². The maximum atomic E-state index is 9.81. The highest BCUT2D eigenvalue weighted by Gasteiger charge is 2.27. The number of aliphatic hydroxyl groups excluding tert-OH is 1. The molecule has 0 saturated carbocycles. The first-order valence-corrected chi connectivity index (χ1v) is 7.23. The predicted molar refractivity (Wildman–Crippen MR) is 77.3 cm³/mol. The summed E-state index contributed by atoms with van der Waals surface area (Å²) in [4.78, 5) is 4.40. The summed E-state index contributed by atoms with van der Waals surface area (Å²) in [5.41, 5.74) is 1.17. The molecule has 3 atom stereocenters. The molecule has 1 N–H and O–H groups in total. The molecule has 0 bridgehead atoms. The number of hydrogen-bond acceptors (Lipinski definition) is 4. The van der Waals surface area contributed by atoms with Crippen LogP contribution in [0.15, 0.2) is 34.9 Å². The van der Waals surface area contributed by atoms with Crippen molar-refractivity contribution in [3.05, 3.63) is 47.6 Å². The van der Waals surface area contributed by atoms with E-state index >= 15 is 0 Å². The van der Waals surface area contributed by atoms with E-state index < -0.39 is 6.10 Å². The van der Waals surface area contributed by atoms with Gasteiger partial charge in [0.25, 0.3) is 0 Å². The van der Waals surface area contributed by atoms with Crippen LogP contribution in [0.2, 0.25) is 0 Å². The van der Waals surface area contributed by atoms with Crippen molar-refractivity contribution >= 4 is 0 Å². The molecule has 0 spiro atoms. The zero-order valence-corrected chi connectivity index (χ0v) is 12.3. The lowest BCUT2D eigenvalue weighted by atomic mass is 9.85. The van der Waals surface area contributed by atoms with Gasteiger partial charge in [-0.15, -0.1) is 0 Å². The van der Waals surface area contributed by atoms with E-state index in [0.717, 1.165) is 6.42 Å². The molecule has 0 radical (unpaired) electrons. The van der Waals surface area contributed by atoms with Crippen molar-refractivity contribution in [1.29, 1.82) is 0 Å². The molecular weight excluding hydrogens is 252 g/mol. The maximum Gasteiger partial charge on any atom is 0.234 e. The van der Waals surface area contributed by atoms with Crippen LogP contribution in [-0.2, 0) is 0 Å². The Balaban J connectivity index is 2.35. The third-order valence-electron chi connectivity index (χ3n) is 3.78. The fourth-order valence-corrected chi connectivity index (χ4v) is 2.30. The number of hydrogen-bond donors (Lipinski definition) is 1. The van der Waals surface area contributed by atoms with Gasteiger partial charge in [-0.3, -0.25) is 0 Å². The Morgan fingerprint density at radius 3 is 2.45 bits per heavy atom. The maximum absolute atomic E-state index is 9.81. The molecule has 0 aliphatic heterocycles. The lowest BCUT2D eigenvalue weighted by molar-refractivity contribution is 0.159. The number of aromatic nitrogens is 2. The molecule has 0 amide bonds. The summed E-state index contributed by atoms with van der Waals surface area (Å²) in [6.45, 7) is 6.22. The molecule has 20 heavy (non-hydrogen) atoms. The summed E-state index contributed by atoms with van der Waals surface area (Å²) in [5.74, 6) is 1.44. The molecule has 1 aromatic heterocycles. The van der Waals surface area contributed by atoms with Crippen LogP contribution in [0.3, 0.4) is 0 Å². The van der Waals surface area contributed by atoms with Gasteiger partial charge in [0.15, 0.2) is 5.82 Å². The highest BCUT2D eigenvalue weighted by molar-refractivity contribution is 5.25. The molecule has 0 fully saturated rings. The van der Waals surface area contributed by atoms with Gasteiger partial charge in [-0.1, -0.05) is 62.7 Å². The van der Waals surface area contributed by atoms with Gasteiger partial charge in [0.2, 0.25) is 5.89 Å². The summed E-state index contributed by atoms with van der Waals surface area (Å²) in [6.07, 6.45) is 0.951. The molecule has 4 heteroatoms. The van der Waals surface area contributed by atoms with Gasteiger partial charge in [0.05, 0.1) is 5.92 Å². The topological polar surface area (TPSA) is 59.2 Å². The van der Waals surface area contributed by atoms with Crippen LogP contribution in [-0.4, -0.2) is 15.2 Å². The number of aliphatic hydroxyl groups is 1. The Morgan fingerprint density at radius 2 is 1.85 bits per heavy atom. The number of nitrogens with zero attached hydrogens (tertiary/aromatic N) is 2. The van der Waals surface area contributed by atoms with E-state index in [-0.39, 0.29) is 5.92 Å². The molecule has 0 aliphatic rings. The van der Waals surface area contributed by atoms with Gasteiger partial charge >= 0.3 is 0 Å². The molecule has 108 valence electrons. The van der Waals surface area contributed by atoms with Gasteiger partial charge in [0, 0.05) is 0 Å². The van der Waals surface area contributed by atoms with E-state index in [0.29, 0.717) is 24.1 Å². The highest BCUT2D eigenvalue weighted by atomic mass is 16.5. The van der Waals surface area contributed by atoms with Crippen LogP contribution in [0.1, 0.15) is 62.9 Å². The van der Waals surface area contributed by atoms with Crippen molar-refractivity contribution in [3.8, 4) is 0 Å². The monoisotopic (exact) mass is 274 g/mol. The quantitative estimate of drug-likeness (QED) is 0.872. The average Bonchev–Trinajstić information content (AvgIpc) is 2.97. The van der Waals surface area contributed by atoms with E-state index in [9.17, 15) is 5.11 Å². The van der Waals surface area contributed by atoms with Crippen LogP contribution >= 0.6 is 0 Å². The number of benzene rings is 1. The Kier molecular flexibility index (Phi) is 4.90. The van der Waals surface area contributed by atoms with Crippen LogP contribution in [0, 0.1) is 5.92 Å². The molecule has 3 unspecified atom stereocenters. The summed E-state index contributed by atoms with van der Waals surface area (Å²) in [5, 5.41) is 13.7. The molecule has 2 rings (SSSR count). The molecule has 4 nitrogen and oxygen atoms in total. The van der Waals surface area contributed by atoms with Crippen molar-refractivity contribution in [1.82, 2.24) is 10.1 Å². The minimum atomic E-state index is -0.652. The number of rotatable bonds is 6. The second kappa shape index (κ2) is 6.66. The Hall–Kier alpha value is -1.68. The lowest BCUT2D eigenvalue weighted by Gasteiger charge is -2.19. The molecular formula is C16H22N2O2. The molecule has 0 aliphatic carbocycles. The summed E-state index contributed by atoms with van der Waals surface area (Å²) in [7, 11) is 0. The van der Waals surface area contributed by atoms with Gasteiger partial charge in [-0.2, -0.15) is 4.98 Å². The Labute approximate surface area is 119 Å². The minimum Gasteiger partial charge on any atom is -0.385 e. The largest absolute Gasteiger partial charge is 0.385 e. The summed E-state index contributed by atoms with van der Waals surface area (Å²) in [6, 6.07) is 10.2. The van der Waals surface area contributed by atoms with Crippen molar-refractivity contribution in [2.24, 2.45) is 5.92 Å². The molecule has 2 aromatic rings. The Bertz CT molecular complexity index is 524. The van der Waals surface area contributed by atoms with Gasteiger partial charge in [0.1, 0.15) is 6.10 Å². The first-order valence-electron chi connectivity index (χ1n) is 7.23. The second-order valence-corrected chi connectivity index (χ2v) is 5.19. The van der Waals surface area contributed by atoms with Gasteiger partial charge in [-0.05, 0) is 17.9 Å². The normalized spacial score (nSPS) is 15.8. The van der Waals surface area contributed by atoms with Gasteiger partial charge in [-0.25, -0.2) is 0 Å². The van der Waals surface area contributed by atoms with Crippen LogP contribution in [0.25, 0.3) is 0 Å². The van der Waals surface area contributed by atoms with Crippen molar-refractivity contribution in [2.45, 2.75) is 45.6 Å². The van der Waals surface area contributed by atoms with Crippen molar-refractivity contribution < 1.29 is 9.63 Å². The lowest BCUT2D eigenvalue weighted by Crippen LogP contribution is -2.11. The summed E-state index contributed by atoms with van der Waals surface area (Å²) >= 11 is 0. The van der Waals surface area contributed by atoms with Crippen molar-refractivity contribution in [3.63, 3.8) is 0 Å². The van der Waals surface area contributed by atoms with Crippen LogP contribution in [0.5, 0.6) is 0 Å². The van der Waals surface area contributed by atoms with E-state index in [4.69, 9.17) is 4.52 Å². The molecule has 0 saturated heterocycles. The zero-order chi connectivity index (χ0) is 14.5. The molecule has 1 aromatic carbocycles. The van der Waals surface area contributed by atoms with E-state index in [1.807, 2.05) is 25.1 Å². The second-order valence-electron chi connectivity index (χ2n) is 5.19. The first-order chi connectivity index (χ1) is 9.67. The van der Waals surface area contributed by atoms with Crippen LogP contribution < -0.4 is 0 Å². The highest BCUT2D eigenvalue weighted by Crippen LogP contribution is 2.33. The van der Waals surface area contributed by atoms with Gasteiger partial charge < -0.3 is 9.63 Å². The van der Waals surface area contributed by atoms with E-state index in [1.54, 1.807) is 0 Å². The Morgan fingerprint density at radius 1 is 1.15 bits per heavy atom. The van der Waals surface area contributed by atoms with Crippen molar-refractivity contribution in [2.75, 3.05) is 0 Å². The first kappa shape index (κ1) is 14.7. The standard InChI is InChI=1S/C16H22N2O2/c1-4-11(3)14(12-9-7-6-8-10-12)16-17-15(18-20-16)13(19)5-2/h6-11,13-14,19H,4-5H2,1-3H3. The third-order valence-corrected chi connectivity index (χ3v) is 3.78. The fourth-order valence-electron chi connectivity index (χ4n) is 2.30. The minimum absolute atomic E-state index is 0.0755. The summed E-state index contributed by atoms with van der Waals surface area (Å²) < 4.78 is 5.41. The fraction of sp³-hybridized carbons (Fsp3) is 0.500. The van der Waals surface area contributed by atoms with E-state index in [1.165, 1.54) is 5.56 Å². The average molecular weight is 274 g/mol. The smallest absolute Gasteiger partial charge is 0.234 e. The third kappa shape index (κ3) is 3.07. The SMILES string of the molecule is CCC(O)c1noc(C(c2ccccc2)C(C)CC)n1. The zero-order valence-electron chi connectivity index (χ0n) is 12.3.